The number of carbonyl (C=O) groups excluding carboxylic acids is 1. The molecule has 0 aromatic carbocycles. The van der Waals surface area contributed by atoms with E-state index in [-0.39, 0.29) is 5.91 Å². The highest BCUT2D eigenvalue weighted by Crippen LogP contribution is 2.47. The molecule has 0 radical (unpaired) electrons. The summed E-state index contributed by atoms with van der Waals surface area (Å²) in [6.07, 6.45) is 7.16. The molecular weight excluding hydrogens is 250 g/mol. The van der Waals surface area contributed by atoms with Crippen LogP contribution in [0.15, 0.2) is 18.3 Å². The van der Waals surface area contributed by atoms with Crippen molar-refractivity contribution in [2.24, 2.45) is 17.8 Å². The largest absolute Gasteiger partial charge is 0.370 e. The minimum atomic E-state index is 0.0225. The van der Waals surface area contributed by atoms with E-state index in [9.17, 15) is 4.79 Å². The van der Waals surface area contributed by atoms with Crippen molar-refractivity contribution in [1.29, 1.82) is 0 Å². The predicted molar refractivity (Wildman–Crippen MR) is 79.7 cm³/mol. The van der Waals surface area contributed by atoms with E-state index in [4.69, 9.17) is 0 Å². The Morgan fingerprint density at radius 3 is 3.00 bits per heavy atom. The first-order valence-corrected chi connectivity index (χ1v) is 7.74. The van der Waals surface area contributed by atoms with Gasteiger partial charge in [0.05, 0.1) is 0 Å². The maximum Gasteiger partial charge on any atom is 0.251 e. The van der Waals surface area contributed by atoms with Gasteiger partial charge in [-0.1, -0.05) is 6.42 Å². The second-order valence-corrected chi connectivity index (χ2v) is 6.11. The van der Waals surface area contributed by atoms with Crippen LogP contribution in [0.25, 0.3) is 0 Å². The fourth-order valence-electron chi connectivity index (χ4n) is 3.80. The fraction of sp³-hybridized carbons (Fsp3) is 0.625. The molecule has 2 saturated carbocycles. The van der Waals surface area contributed by atoms with Gasteiger partial charge in [0.25, 0.3) is 5.91 Å². The lowest BCUT2D eigenvalue weighted by atomic mass is 9.89. The molecule has 108 valence electrons. The Hall–Kier alpha value is -1.58. The summed E-state index contributed by atoms with van der Waals surface area (Å²) < 4.78 is 0. The highest BCUT2D eigenvalue weighted by molar-refractivity contribution is 5.94. The molecule has 2 aliphatic carbocycles. The Morgan fingerprint density at radius 1 is 1.40 bits per heavy atom. The Balaban J connectivity index is 1.55. The van der Waals surface area contributed by atoms with Crippen LogP contribution in [0.4, 0.5) is 5.82 Å². The molecule has 3 atom stereocenters. The molecule has 0 aliphatic heterocycles. The highest BCUT2D eigenvalue weighted by atomic mass is 16.1. The third-order valence-electron chi connectivity index (χ3n) is 4.79. The van der Waals surface area contributed by atoms with Crippen molar-refractivity contribution in [1.82, 2.24) is 10.3 Å². The van der Waals surface area contributed by atoms with E-state index in [0.717, 1.165) is 30.7 Å². The average Bonchev–Trinajstić information content (AvgIpc) is 3.08. The first kappa shape index (κ1) is 13.4. The molecule has 1 heterocycles. The number of hydrogen-bond acceptors (Lipinski definition) is 3. The molecular formula is C16H23N3O. The molecule has 3 rings (SSSR count). The maximum absolute atomic E-state index is 12.2. The van der Waals surface area contributed by atoms with Gasteiger partial charge >= 0.3 is 0 Å². The van der Waals surface area contributed by atoms with Gasteiger partial charge in [0, 0.05) is 24.8 Å². The minimum Gasteiger partial charge on any atom is -0.370 e. The number of fused-ring (bicyclic) bond motifs is 2. The Morgan fingerprint density at radius 2 is 2.30 bits per heavy atom. The van der Waals surface area contributed by atoms with Gasteiger partial charge in [0.1, 0.15) is 5.82 Å². The van der Waals surface area contributed by atoms with Crippen molar-refractivity contribution in [2.75, 3.05) is 18.4 Å². The van der Waals surface area contributed by atoms with Gasteiger partial charge in [-0.2, -0.15) is 0 Å². The van der Waals surface area contributed by atoms with E-state index >= 15 is 0 Å². The second-order valence-electron chi connectivity index (χ2n) is 6.11. The predicted octanol–water partition coefficient (Wildman–Crippen LogP) is 2.68. The summed E-state index contributed by atoms with van der Waals surface area (Å²) in [6, 6.07) is 3.59. The van der Waals surface area contributed by atoms with Crippen LogP contribution in [0.3, 0.4) is 0 Å². The van der Waals surface area contributed by atoms with Crippen LogP contribution >= 0.6 is 0 Å². The summed E-state index contributed by atoms with van der Waals surface area (Å²) in [4.78, 5) is 16.4. The SMILES string of the molecule is CCNc1cc(C(=O)NCC2CC3CCC2C3)ccn1. The maximum atomic E-state index is 12.2. The van der Waals surface area contributed by atoms with Gasteiger partial charge in [-0.15, -0.1) is 0 Å². The van der Waals surface area contributed by atoms with Crippen LogP contribution in [-0.4, -0.2) is 24.0 Å². The number of nitrogens with one attached hydrogen (secondary N) is 2. The highest BCUT2D eigenvalue weighted by Gasteiger charge is 2.39. The standard InChI is InChI=1S/C16H23N3O/c1-2-17-15-9-13(5-6-18-15)16(20)19-10-14-8-11-3-4-12(14)7-11/h5-6,9,11-12,14H,2-4,7-8,10H2,1H3,(H,17,18)(H,19,20). The molecule has 1 aromatic rings. The zero-order valence-electron chi connectivity index (χ0n) is 12.1. The van der Waals surface area contributed by atoms with Gasteiger partial charge in [0.15, 0.2) is 0 Å². The Bertz CT molecular complexity index is 488. The van der Waals surface area contributed by atoms with E-state index in [1.807, 2.05) is 13.0 Å². The fourth-order valence-corrected chi connectivity index (χ4v) is 3.80. The summed E-state index contributed by atoms with van der Waals surface area (Å²) in [7, 11) is 0. The number of anilines is 1. The van der Waals surface area contributed by atoms with Gasteiger partial charge in [-0.3, -0.25) is 4.79 Å². The first-order valence-electron chi connectivity index (χ1n) is 7.74. The van der Waals surface area contributed by atoms with Crippen LogP contribution in [-0.2, 0) is 0 Å². The lowest BCUT2D eigenvalue weighted by Crippen LogP contribution is -2.31. The summed E-state index contributed by atoms with van der Waals surface area (Å²) in [6.45, 7) is 3.66. The van der Waals surface area contributed by atoms with E-state index in [1.165, 1.54) is 25.7 Å². The summed E-state index contributed by atoms with van der Waals surface area (Å²) in [5.74, 6) is 3.28. The van der Waals surface area contributed by atoms with Gasteiger partial charge < -0.3 is 10.6 Å². The van der Waals surface area contributed by atoms with E-state index < -0.39 is 0 Å². The molecule has 2 N–H and O–H groups in total. The lowest BCUT2D eigenvalue weighted by Gasteiger charge is -2.21. The van der Waals surface area contributed by atoms with E-state index in [1.54, 1.807) is 12.3 Å². The average molecular weight is 273 g/mol. The lowest BCUT2D eigenvalue weighted by molar-refractivity contribution is 0.0941. The molecule has 1 amide bonds. The van der Waals surface area contributed by atoms with E-state index in [2.05, 4.69) is 15.6 Å². The number of rotatable bonds is 5. The molecule has 3 unspecified atom stereocenters. The second kappa shape index (κ2) is 5.81. The quantitative estimate of drug-likeness (QED) is 0.867. The van der Waals surface area contributed by atoms with Gasteiger partial charge in [0.2, 0.25) is 0 Å². The Labute approximate surface area is 120 Å². The first-order chi connectivity index (χ1) is 9.76. The molecule has 20 heavy (non-hydrogen) atoms. The number of pyridine rings is 1. The van der Waals surface area contributed by atoms with Gasteiger partial charge in [-0.05, 0) is 56.1 Å². The molecule has 1 aromatic heterocycles. The van der Waals surface area contributed by atoms with Crippen molar-refractivity contribution in [3.8, 4) is 0 Å². The normalized spacial score (nSPS) is 27.6. The van der Waals surface area contributed by atoms with Crippen LogP contribution in [0, 0.1) is 17.8 Å². The zero-order chi connectivity index (χ0) is 13.9. The van der Waals surface area contributed by atoms with Crippen LogP contribution in [0.1, 0.15) is 43.0 Å². The van der Waals surface area contributed by atoms with Crippen LogP contribution < -0.4 is 10.6 Å². The topological polar surface area (TPSA) is 54.0 Å². The number of hydrogen-bond donors (Lipinski definition) is 2. The monoisotopic (exact) mass is 273 g/mol. The molecule has 0 saturated heterocycles. The summed E-state index contributed by atoms with van der Waals surface area (Å²) in [5, 5.41) is 6.23. The van der Waals surface area contributed by atoms with Crippen LogP contribution in [0.5, 0.6) is 0 Å². The van der Waals surface area contributed by atoms with Crippen molar-refractivity contribution < 1.29 is 4.79 Å². The number of amides is 1. The third-order valence-corrected chi connectivity index (χ3v) is 4.79. The molecule has 4 heteroatoms. The molecule has 2 aliphatic rings. The molecule has 0 spiro atoms. The number of carbonyl (C=O) groups is 1. The van der Waals surface area contributed by atoms with Crippen molar-refractivity contribution in [3.63, 3.8) is 0 Å². The van der Waals surface area contributed by atoms with Gasteiger partial charge in [-0.25, -0.2) is 4.98 Å². The Kier molecular flexibility index (Phi) is 3.90. The van der Waals surface area contributed by atoms with Crippen molar-refractivity contribution >= 4 is 11.7 Å². The number of aromatic nitrogens is 1. The molecule has 2 bridgehead atoms. The summed E-state index contributed by atoms with van der Waals surface area (Å²) in [5.41, 5.74) is 0.694. The van der Waals surface area contributed by atoms with Crippen molar-refractivity contribution in [3.05, 3.63) is 23.9 Å². The van der Waals surface area contributed by atoms with Crippen molar-refractivity contribution in [2.45, 2.75) is 32.6 Å². The third kappa shape index (κ3) is 2.79. The van der Waals surface area contributed by atoms with Crippen LogP contribution in [0.2, 0.25) is 0 Å². The molecule has 4 nitrogen and oxygen atoms in total. The smallest absolute Gasteiger partial charge is 0.251 e. The van der Waals surface area contributed by atoms with E-state index in [0.29, 0.717) is 11.5 Å². The summed E-state index contributed by atoms with van der Waals surface area (Å²) >= 11 is 0. The molecule has 2 fully saturated rings. The zero-order valence-corrected chi connectivity index (χ0v) is 12.1. The number of nitrogens with zero attached hydrogens (tertiary/aromatic N) is 1. The minimum absolute atomic E-state index is 0.0225.